The van der Waals surface area contributed by atoms with Crippen molar-refractivity contribution >= 4 is 10.9 Å². The van der Waals surface area contributed by atoms with Gasteiger partial charge < -0.3 is 14.6 Å². The van der Waals surface area contributed by atoms with Gasteiger partial charge in [0, 0.05) is 41.9 Å². The molecule has 3 heterocycles. The smallest absolute Gasteiger partial charge is 0.125 e. The van der Waals surface area contributed by atoms with E-state index in [9.17, 15) is 5.11 Å². The first kappa shape index (κ1) is 19.5. The molecular formula is C24H29N3O3. The molecule has 0 unspecified atom stereocenters. The van der Waals surface area contributed by atoms with E-state index in [2.05, 4.69) is 29.1 Å². The van der Waals surface area contributed by atoms with Gasteiger partial charge in [0.25, 0.3) is 0 Å². The van der Waals surface area contributed by atoms with Crippen LogP contribution in [0.25, 0.3) is 16.6 Å². The van der Waals surface area contributed by atoms with E-state index in [1.165, 1.54) is 5.56 Å². The predicted molar refractivity (Wildman–Crippen MR) is 115 cm³/mol. The molecule has 1 aromatic carbocycles. The average Bonchev–Trinajstić information content (AvgIpc) is 3.10. The number of pyridine rings is 1. The molecule has 1 N–H and O–H groups in total. The number of methoxy groups -OCH3 is 1. The Labute approximate surface area is 176 Å². The van der Waals surface area contributed by atoms with Gasteiger partial charge >= 0.3 is 0 Å². The summed E-state index contributed by atoms with van der Waals surface area (Å²) in [5.41, 5.74) is 2.57. The summed E-state index contributed by atoms with van der Waals surface area (Å²) >= 11 is 0. The third kappa shape index (κ3) is 3.01. The van der Waals surface area contributed by atoms with Crippen LogP contribution in [0.1, 0.15) is 44.6 Å². The predicted octanol–water partition coefficient (Wildman–Crippen LogP) is 4.03. The number of nitrogens with zero attached hydrogens (tertiary/aromatic N) is 3. The molecule has 0 spiro atoms. The molecule has 6 nitrogen and oxygen atoms in total. The van der Waals surface area contributed by atoms with Crippen LogP contribution in [-0.2, 0) is 10.2 Å². The molecule has 1 aliphatic carbocycles. The van der Waals surface area contributed by atoms with Crippen LogP contribution in [0, 0.1) is 5.92 Å². The maximum Gasteiger partial charge on any atom is 0.125 e. The van der Waals surface area contributed by atoms with Crippen LogP contribution in [0.2, 0.25) is 0 Å². The lowest BCUT2D eigenvalue weighted by molar-refractivity contribution is -0.0903. The highest BCUT2D eigenvalue weighted by Crippen LogP contribution is 2.54. The molecule has 3 atom stereocenters. The second kappa shape index (κ2) is 7.36. The van der Waals surface area contributed by atoms with Crippen LogP contribution in [0.5, 0.6) is 5.75 Å². The number of fused-ring (bicyclic) bond motifs is 4. The minimum atomic E-state index is -0.737. The quantitative estimate of drug-likeness (QED) is 0.707. The van der Waals surface area contributed by atoms with Crippen molar-refractivity contribution in [1.82, 2.24) is 14.8 Å². The van der Waals surface area contributed by atoms with Gasteiger partial charge in [0.1, 0.15) is 5.75 Å². The van der Waals surface area contributed by atoms with E-state index >= 15 is 0 Å². The molecule has 2 aliphatic rings. The van der Waals surface area contributed by atoms with Crippen molar-refractivity contribution in [3.8, 4) is 11.4 Å². The second-order valence-electron chi connectivity index (χ2n) is 8.87. The Hall–Kier alpha value is -2.44. The van der Waals surface area contributed by atoms with E-state index in [0.29, 0.717) is 19.1 Å². The molecule has 30 heavy (non-hydrogen) atoms. The number of aliphatic hydroxyl groups is 1. The SMILES string of the molecule is CC[C@@]12CC[C@](O)(COC)C[C@@H]1CCOc1cc3c(cnn3-c3ccncc3)cc12. The second-order valence-corrected chi connectivity index (χ2v) is 8.87. The van der Waals surface area contributed by atoms with Gasteiger partial charge in [0.05, 0.1) is 36.2 Å². The Kier molecular flexibility index (Phi) is 4.79. The highest BCUT2D eigenvalue weighted by atomic mass is 16.5. The third-order valence-corrected chi connectivity index (χ3v) is 7.33. The molecule has 2 aromatic heterocycles. The zero-order chi connectivity index (χ0) is 20.8. The van der Waals surface area contributed by atoms with Crippen molar-refractivity contribution in [3.05, 3.63) is 48.4 Å². The maximum absolute atomic E-state index is 11.1. The molecule has 5 rings (SSSR count). The van der Waals surface area contributed by atoms with Gasteiger partial charge in [-0.05, 0) is 56.2 Å². The molecule has 1 aliphatic heterocycles. The summed E-state index contributed by atoms with van der Waals surface area (Å²) < 4.78 is 13.6. The topological polar surface area (TPSA) is 69.4 Å². The van der Waals surface area contributed by atoms with Gasteiger partial charge in [-0.25, -0.2) is 4.68 Å². The van der Waals surface area contributed by atoms with Crippen molar-refractivity contribution in [2.24, 2.45) is 5.92 Å². The Bertz CT molecular complexity index is 1050. The summed E-state index contributed by atoms with van der Waals surface area (Å²) in [6.45, 7) is 3.33. The molecule has 1 fully saturated rings. The van der Waals surface area contributed by atoms with Crippen LogP contribution in [0.3, 0.4) is 0 Å². The number of rotatable bonds is 4. The summed E-state index contributed by atoms with van der Waals surface area (Å²) in [7, 11) is 1.67. The van der Waals surface area contributed by atoms with Gasteiger partial charge in [0.2, 0.25) is 0 Å². The van der Waals surface area contributed by atoms with Gasteiger partial charge in [-0.2, -0.15) is 5.10 Å². The molecule has 0 saturated heterocycles. The summed E-state index contributed by atoms with van der Waals surface area (Å²) in [5, 5.41) is 16.8. The van der Waals surface area contributed by atoms with Crippen molar-refractivity contribution in [2.45, 2.75) is 50.0 Å². The highest BCUT2D eigenvalue weighted by molar-refractivity contribution is 5.83. The minimum absolute atomic E-state index is 0.0127. The van der Waals surface area contributed by atoms with Crippen LogP contribution < -0.4 is 4.74 Å². The third-order valence-electron chi connectivity index (χ3n) is 7.33. The van der Waals surface area contributed by atoms with Crippen molar-refractivity contribution in [3.63, 3.8) is 0 Å². The number of benzene rings is 1. The van der Waals surface area contributed by atoms with Gasteiger partial charge in [0.15, 0.2) is 0 Å². The number of aromatic nitrogens is 3. The first-order valence-corrected chi connectivity index (χ1v) is 10.9. The molecular weight excluding hydrogens is 378 g/mol. The van der Waals surface area contributed by atoms with E-state index in [-0.39, 0.29) is 5.41 Å². The standard InChI is InChI=1S/C24H29N3O3/c1-3-24-8-7-23(28,16-29-2)14-18(24)6-11-30-22-13-21-17(12-20(22)24)15-26-27(21)19-4-9-25-10-5-19/h4-5,9-10,12-13,15,18,28H,3,6-8,11,14,16H2,1-2H3/t18-,23+,24+/m0/s1. The Morgan fingerprint density at radius 1 is 1.27 bits per heavy atom. The van der Waals surface area contributed by atoms with E-state index in [1.54, 1.807) is 19.5 Å². The van der Waals surface area contributed by atoms with Crippen molar-refractivity contribution in [2.75, 3.05) is 20.3 Å². The van der Waals surface area contributed by atoms with Gasteiger partial charge in [-0.1, -0.05) is 6.92 Å². The lowest BCUT2D eigenvalue weighted by Gasteiger charge is -2.49. The molecule has 1 saturated carbocycles. The van der Waals surface area contributed by atoms with Crippen LogP contribution in [-0.4, -0.2) is 45.8 Å². The monoisotopic (exact) mass is 407 g/mol. The van der Waals surface area contributed by atoms with E-state index < -0.39 is 5.60 Å². The van der Waals surface area contributed by atoms with E-state index in [1.807, 2.05) is 23.0 Å². The average molecular weight is 408 g/mol. The molecule has 3 aromatic rings. The molecule has 0 radical (unpaired) electrons. The fraction of sp³-hybridized carbons (Fsp3) is 0.500. The summed E-state index contributed by atoms with van der Waals surface area (Å²) in [4.78, 5) is 4.11. The lowest BCUT2D eigenvalue weighted by atomic mass is 9.57. The summed E-state index contributed by atoms with van der Waals surface area (Å²) in [6, 6.07) is 8.34. The zero-order valence-corrected chi connectivity index (χ0v) is 17.7. The van der Waals surface area contributed by atoms with E-state index in [0.717, 1.165) is 54.4 Å². The van der Waals surface area contributed by atoms with Crippen LogP contribution in [0.4, 0.5) is 0 Å². The van der Waals surface area contributed by atoms with Crippen LogP contribution in [0.15, 0.2) is 42.9 Å². The van der Waals surface area contributed by atoms with Crippen LogP contribution >= 0.6 is 0 Å². The van der Waals surface area contributed by atoms with Crippen molar-refractivity contribution < 1.29 is 14.6 Å². The molecule has 0 bridgehead atoms. The maximum atomic E-state index is 11.1. The fourth-order valence-electron chi connectivity index (χ4n) is 5.77. The largest absolute Gasteiger partial charge is 0.493 e. The molecule has 158 valence electrons. The Morgan fingerprint density at radius 2 is 2.10 bits per heavy atom. The highest BCUT2D eigenvalue weighted by Gasteiger charge is 2.50. The molecule has 6 heteroatoms. The summed E-state index contributed by atoms with van der Waals surface area (Å²) in [5.74, 6) is 1.32. The number of ether oxygens (including phenoxy) is 2. The first-order valence-electron chi connectivity index (χ1n) is 10.9. The lowest BCUT2D eigenvalue weighted by Crippen LogP contribution is -2.49. The van der Waals surface area contributed by atoms with Gasteiger partial charge in [-0.3, -0.25) is 4.98 Å². The fourth-order valence-corrected chi connectivity index (χ4v) is 5.77. The minimum Gasteiger partial charge on any atom is -0.493 e. The van der Waals surface area contributed by atoms with Gasteiger partial charge in [-0.15, -0.1) is 0 Å². The Balaban J connectivity index is 1.61. The Morgan fingerprint density at radius 3 is 2.87 bits per heavy atom. The normalized spacial score (nSPS) is 28.4. The summed E-state index contributed by atoms with van der Waals surface area (Å²) in [6.07, 6.45) is 9.91. The first-order chi connectivity index (χ1) is 14.6. The zero-order valence-electron chi connectivity index (χ0n) is 17.7. The number of hydrogen-bond acceptors (Lipinski definition) is 5. The van der Waals surface area contributed by atoms with E-state index in [4.69, 9.17) is 9.47 Å². The molecule has 0 amide bonds. The number of hydrogen-bond donors (Lipinski definition) is 1. The van der Waals surface area contributed by atoms with Crippen molar-refractivity contribution in [1.29, 1.82) is 0 Å².